The molecule has 3 aromatic rings. The number of hydrogen-bond donors (Lipinski definition) is 1. The number of nitrogens with one attached hydrogen (secondary N) is 1. The predicted octanol–water partition coefficient (Wildman–Crippen LogP) is 5.46. The Balaban J connectivity index is 1.70. The summed E-state index contributed by atoms with van der Waals surface area (Å²) in [5.74, 6) is 2.27. The van der Waals surface area contributed by atoms with Gasteiger partial charge in [0.2, 0.25) is 0 Å². The molecule has 0 aliphatic carbocycles. The van der Waals surface area contributed by atoms with Crippen LogP contribution in [0.2, 0.25) is 10.0 Å². The Morgan fingerprint density at radius 3 is 2.62 bits per heavy atom. The molecule has 2 aromatic carbocycles. The smallest absolute Gasteiger partial charge is 0.166 e. The Hall–Kier alpha value is -2.14. The van der Waals surface area contributed by atoms with Crippen LogP contribution in [0.1, 0.15) is 16.9 Å². The van der Waals surface area contributed by atoms with Crippen molar-refractivity contribution < 1.29 is 13.9 Å². The molecule has 26 heavy (non-hydrogen) atoms. The molecule has 0 spiro atoms. The molecule has 0 unspecified atom stereocenters. The van der Waals surface area contributed by atoms with Crippen LogP contribution in [0.15, 0.2) is 59.2 Å². The lowest BCUT2D eigenvalue weighted by Gasteiger charge is -2.16. The summed E-state index contributed by atoms with van der Waals surface area (Å²) in [7, 11) is 1.63. The number of para-hydroxylation sites is 1. The quantitative estimate of drug-likeness (QED) is 0.553. The van der Waals surface area contributed by atoms with Gasteiger partial charge in [0.05, 0.1) is 30.0 Å². The zero-order valence-corrected chi connectivity index (χ0v) is 15.8. The van der Waals surface area contributed by atoms with Gasteiger partial charge >= 0.3 is 0 Å². The van der Waals surface area contributed by atoms with Crippen molar-refractivity contribution in [1.29, 1.82) is 0 Å². The van der Waals surface area contributed by atoms with Crippen molar-refractivity contribution in [3.63, 3.8) is 0 Å². The molecule has 1 heterocycles. The third-order valence-corrected chi connectivity index (χ3v) is 4.58. The van der Waals surface area contributed by atoms with Gasteiger partial charge in [-0.05, 0) is 35.9 Å². The van der Waals surface area contributed by atoms with Gasteiger partial charge in [-0.15, -0.1) is 0 Å². The molecule has 0 fully saturated rings. The Morgan fingerprint density at radius 2 is 1.88 bits per heavy atom. The summed E-state index contributed by atoms with van der Waals surface area (Å²) in [6.07, 6.45) is 1.66. The fourth-order valence-corrected chi connectivity index (χ4v) is 2.86. The van der Waals surface area contributed by atoms with Gasteiger partial charge in [-0.25, -0.2) is 0 Å². The molecule has 1 aromatic heterocycles. The van der Waals surface area contributed by atoms with E-state index in [1.54, 1.807) is 25.5 Å². The Labute approximate surface area is 162 Å². The van der Waals surface area contributed by atoms with Crippen LogP contribution >= 0.6 is 23.2 Å². The first kappa shape index (κ1) is 18.6. The molecule has 136 valence electrons. The zero-order valence-electron chi connectivity index (χ0n) is 14.3. The average Bonchev–Trinajstić information content (AvgIpc) is 3.16. The topological polar surface area (TPSA) is 43.6 Å². The molecule has 0 bridgehead atoms. The maximum absolute atomic E-state index is 6.07. The van der Waals surface area contributed by atoms with Gasteiger partial charge in [0.25, 0.3) is 0 Å². The van der Waals surface area contributed by atoms with E-state index < -0.39 is 0 Å². The highest BCUT2D eigenvalue weighted by molar-refractivity contribution is 6.42. The minimum absolute atomic E-state index is 0.364. The van der Waals surface area contributed by atoms with Gasteiger partial charge in [0.15, 0.2) is 11.5 Å². The Kier molecular flexibility index (Phi) is 6.45. The van der Waals surface area contributed by atoms with Crippen LogP contribution in [-0.4, -0.2) is 7.11 Å². The summed E-state index contributed by atoms with van der Waals surface area (Å²) >= 11 is 12.0. The van der Waals surface area contributed by atoms with E-state index in [1.807, 2.05) is 36.4 Å². The van der Waals surface area contributed by atoms with Crippen LogP contribution < -0.4 is 14.8 Å². The summed E-state index contributed by atoms with van der Waals surface area (Å²) in [5.41, 5.74) is 1.93. The number of methoxy groups -OCH3 is 1. The number of rotatable bonds is 8. The fourth-order valence-electron chi connectivity index (χ4n) is 2.54. The second-order valence-corrected chi connectivity index (χ2v) is 6.48. The van der Waals surface area contributed by atoms with E-state index in [-0.39, 0.29) is 0 Å². The molecule has 4 nitrogen and oxygen atoms in total. The summed E-state index contributed by atoms with van der Waals surface area (Å²) in [4.78, 5) is 0. The second-order valence-electron chi connectivity index (χ2n) is 5.67. The van der Waals surface area contributed by atoms with Crippen molar-refractivity contribution in [2.75, 3.05) is 7.11 Å². The van der Waals surface area contributed by atoms with Crippen LogP contribution in [0.25, 0.3) is 0 Å². The first-order valence-electron chi connectivity index (χ1n) is 8.13. The van der Waals surface area contributed by atoms with Crippen molar-refractivity contribution >= 4 is 23.2 Å². The van der Waals surface area contributed by atoms with Gasteiger partial charge < -0.3 is 19.2 Å². The molecule has 0 amide bonds. The molecular formula is C20H19Cl2NO3. The minimum atomic E-state index is 0.364. The summed E-state index contributed by atoms with van der Waals surface area (Å²) in [6, 6.07) is 15.1. The van der Waals surface area contributed by atoms with E-state index >= 15 is 0 Å². The standard InChI is InChI=1S/C20H19Cl2NO3/c1-24-19-6-2-4-15(11-23-12-16-5-3-9-25-16)20(19)26-13-14-7-8-17(21)18(22)10-14/h2-10,23H,11-13H2,1H3. The van der Waals surface area contributed by atoms with Crippen LogP contribution in [0, 0.1) is 0 Å². The van der Waals surface area contributed by atoms with Gasteiger partial charge in [-0.2, -0.15) is 0 Å². The number of ether oxygens (including phenoxy) is 2. The van der Waals surface area contributed by atoms with Crippen LogP contribution in [-0.2, 0) is 19.7 Å². The Bertz CT molecular complexity index is 850. The fraction of sp³-hybridized carbons (Fsp3) is 0.200. The second kappa shape index (κ2) is 8.99. The molecule has 0 atom stereocenters. The third kappa shape index (κ3) is 4.73. The van der Waals surface area contributed by atoms with E-state index in [2.05, 4.69) is 5.32 Å². The first-order valence-corrected chi connectivity index (χ1v) is 8.88. The van der Waals surface area contributed by atoms with Crippen molar-refractivity contribution in [3.05, 3.63) is 81.7 Å². The normalized spacial score (nSPS) is 10.7. The van der Waals surface area contributed by atoms with E-state index in [0.717, 1.165) is 16.9 Å². The molecule has 3 rings (SSSR count). The molecule has 1 N–H and O–H groups in total. The first-order chi connectivity index (χ1) is 12.7. The number of benzene rings is 2. The highest BCUT2D eigenvalue weighted by Gasteiger charge is 2.11. The number of halogens is 2. The largest absolute Gasteiger partial charge is 0.493 e. The monoisotopic (exact) mass is 391 g/mol. The summed E-state index contributed by atoms with van der Waals surface area (Å²) < 4.78 is 16.8. The van der Waals surface area contributed by atoms with Gasteiger partial charge in [0.1, 0.15) is 12.4 Å². The van der Waals surface area contributed by atoms with Crippen molar-refractivity contribution in [1.82, 2.24) is 5.32 Å². The van der Waals surface area contributed by atoms with Gasteiger partial charge in [-0.1, -0.05) is 41.4 Å². The number of hydrogen-bond acceptors (Lipinski definition) is 4. The highest BCUT2D eigenvalue weighted by atomic mass is 35.5. The molecular weight excluding hydrogens is 373 g/mol. The van der Waals surface area contributed by atoms with Crippen LogP contribution in [0.4, 0.5) is 0 Å². The van der Waals surface area contributed by atoms with Crippen molar-refractivity contribution in [2.24, 2.45) is 0 Å². The maximum Gasteiger partial charge on any atom is 0.166 e. The summed E-state index contributed by atoms with van der Waals surface area (Å²) in [5, 5.41) is 4.37. The number of furan rings is 1. The molecule has 6 heteroatoms. The molecule has 0 radical (unpaired) electrons. The predicted molar refractivity (Wildman–Crippen MR) is 103 cm³/mol. The average molecular weight is 392 g/mol. The van der Waals surface area contributed by atoms with E-state index in [9.17, 15) is 0 Å². The van der Waals surface area contributed by atoms with E-state index in [4.69, 9.17) is 37.1 Å². The lowest BCUT2D eigenvalue weighted by atomic mass is 10.1. The van der Waals surface area contributed by atoms with Gasteiger partial charge in [-0.3, -0.25) is 0 Å². The lowest BCUT2D eigenvalue weighted by Crippen LogP contribution is -2.13. The minimum Gasteiger partial charge on any atom is -0.493 e. The van der Waals surface area contributed by atoms with Gasteiger partial charge in [0, 0.05) is 12.1 Å². The van der Waals surface area contributed by atoms with E-state index in [0.29, 0.717) is 41.2 Å². The van der Waals surface area contributed by atoms with Crippen molar-refractivity contribution in [2.45, 2.75) is 19.7 Å². The zero-order chi connectivity index (χ0) is 18.4. The molecule has 0 aliphatic heterocycles. The highest BCUT2D eigenvalue weighted by Crippen LogP contribution is 2.32. The van der Waals surface area contributed by atoms with Crippen LogP contribution in [0.5, 0.6) is 11.5 Å². The van der Waals surface area contributed by atoms with E-state index in [1.165, 1.54) is 0 Å². The SMILES string of the molecule is COc1cccc(CNCc2ccco2)c1OCc1ccc(Cl)c(Cl)c1. The third-order valence-electron chi connectivity index (χ3n) is 3.84. The molecule has 0 saturated heterocycles. The molecule has 0 aliphatic rings. The summed E-state index contributed by atoms with van der Waals surface area (Å²) in [6.45, 7) is 1.62. The Morgan fingerprint density at radius 1 is 1.00 bits per heavy atom. The lowest BCUT2D eigenvalue weighted by molar-refractivity contribution is 0.280. The molecule has 0 saturated carbocycles. The maximum atomic E-state index is 6.07. The van der Waals surface area contributed by atoms with Crippen LogP contribution in [0.3, 0.4) is 0 Å². The van der Waals surface area contributed by atoms with Crippen molar-refractivity contribution in [3.8, 4) is 11.5 Å².